The second-order valence-electron chi connectivity index (χ2n) is 23.2. The number of aliphatic hydroxyl groups excluding tert-OH is 2. The summed E-state index contributed by atoms with van der Waals surface area (Å²) < 4.78 is 5.51. The zero-order valence-corrected chi connectivity index (χ0v) is 50.1. The molecule has 1 amide bonds. The number of hydrogen-bond acceptors (Lipinski definition) is 5. The molecule has 2 atom stereocenters. The van der Waals surface area contributed by atoms with E-state index < -0.39 is 12.1 Å². The van der Waals surface area contributed by atoms with Crippen LogP contribution in [0, 0.1) is 0 Å². The van der Waals surface area contributed by atoms with Crippen LogP contribution in [-0.4, -0.2) is 47.4 Å². The van der Waals surface area contributed by atoms with E-state index in [1.165, 1.54) is 302 Å². The first-order valence-corrected chi connectivity index (χ1v) is 33.6. The Balaban J connectivity index is 3.37. The molecule has 6 heteroatoms. The summed E-state index contributed by atoms with van der Waals surface area (Å²) in [7, 11) is 0. The quantitative estimate of drug-likeness (QED) is 0.0320. The van der Waals surface area contributed by atoms with Crippen molar-refractivity contribution in [3.05, 3.63) is 24.3 Å². The van der Waals surface area contributed by atoms with Crippen LogP contribution in [0.5, 0.6) is 0 Å². The number of amides is 1. The number of aliphatic hydroxyl groups is 2. The number of carbonyl (C=O) groups excluding carboxylic acids is 2. The van der Waals surface area contributed by atoms with Crippen LogP contribution in [0.1, 0.15) is 373 Å². The highest BCUT2D eigenvalue weighted by atomic mass is 16.5. The maximum absolute atomic E-state index is 12.5. The SMILES string of the molecule is CCCCCCCC/C=C\CCCCCCCCCCCC(=O)OCCCCCCCCCCCCCCCCCCCCCCCCCC(=O)NC(CO)C(O)/C=C/CCCCCCCCCCCCCCC. The number of hydrogen-bond donors (Lipinski definition) is 3. The van der Waals surface area contributed by atoms with Gasteiger partial charge in [0.1, 0.15) is 0 Å². The molecule has 2 unspecified atom stereocenters. The largest absolute Gasteiger partial charge is 0.466 e. The topological polar surface area (TPSA) is 95.9 Å². The van der Waals surface area contributed by atoms with Crippen molar-refractivity contribution in [3.8, 4) is 0 Å². The minimum Gasteiger partial charge on any atom is -0.466 e. The molecular formula is C68H131NO5. The molecule has 6 nitrogen and oxygen atoms in total. The van der Waals surface area contributed by atoms with Gasteiger partial charge >= 0.3 is 5.97 Å². The highest BCUT2D eigenvalue weighted by Gasteiger charge is 2.18. The fourth-order valence-corrected chi connectivity index (χ4v) is 10.6. The molecule has 0 aromatic carbocycles. The molecule has 0 saturated heterocycles. The lowest BCUT2D eigenvalue weighted by molar-refractivity contribution is -0.143. The summed E-state index contributed by atoms with van der Waals surface area (Å²) in [5.41, 5.74) is 0. The average Bonchev–Trinajstić information content (AvgIpc) is 3.40. The van der Waals surface area contributed by atoms with Crippen LogP contribution < -0.4 is 5.32 Å². The van der Waals surface area contributed by atoms with E-state index in [4.69, 9.17) is 4.74 Å². The summed E-state index contributed by atoms with van der Waals surface area (Å²) in [5, 5.41) is 23.1. The van der Waals surface area contributed by atoms with E-state index in [1.807, 2.05) is 6.08 Å². The van der Waals surface area contributed by atoms with Gasteiger partial charge in [0.25, 0.3) is 0 Å². The van der Waals surface area contributed by atoms with Gasteiger partial charge in [-0.2, -0.15) is 0 Å². The van der Waals surface area contributed by atoms with E-state index >= 15 is 0 Å². The summed E-state index contributed by atoms with van der Waals surface area (Å²) in [4.78, 5) is 24.6. The zero-order chi connectivity index (χ0) is 53.6. The van der Waals surface area contributed by atoms with Crippen molar-refractivity contribution in [3.63, 3.8) is 0 Å². The van der Waals surface area contributed by atoms with Crippen molar-refractivity contribution >= 4 is 11.9 Å². The second-order valence-corrected chi connectivity index (χ2v) is 23.2. The van der Waals surface area contributed by atoms with E-state index in [1.54, 1.807) is 6.08 Å². The summed E-state index contributed by atoms with van der Waals surface area (Å²) in [5.74, 6) is -0.0512. The number of allylic oxidation sites excluding steroid dienone is 3. The zero-order valence-electron chi connectivity index (χ0n) is 50.1. The molecule has 438 valence electrons. The van der Waals surface area contributed by atoms with Crippen molar-refractivity contribution in [2.45, 2.75) is 386 Å². The normalized spacial score (nSPS) is 12.6. The lowest BCUT2D eigenvalue weighted by atomic mass is 10.0. The molecular weight excluding hydrogens is 911 g/mol. The first-order chi connectivity index (χ1) is 36.5. The number of nitrogens with one attached hydrogen (secondary N) is 1. The molecule has 0 aromatic heterocycles. The highest BCUT2D eigenvalue weighted by Crippen LogP contribution is 2.18. The standard InChI is InChI=1S/C68H131NO5/c1-3-5-7-9-11-13-15-17-19-20-26-30-34-38-42-46-50-54-58-62-68(73)74-63-59-55-51-47-43-39-35-31-28-25-23-21-22-24-27-29-33-37-41-45-49-53-57-61-67(72)69-65(64-70)66(71)60-56-52-48-44-40-36-32-18-16-14-12-10-8-6-4-2/h17,19,56,60,65-66,70-71H,3-16,18,20-55,57-59,61-64H2,1-2H3,(H,69,72)/b19-17-,60-56+. The maximum atomic E-state index is 12.5. The number of carbonyl (C=O) groups is 2. The third-order valence-electron chi connectivity index (χ3n) is 15.7. The van der Waals surface area contributed by atoms with Crippen LogP contribution in [0.25, 0.3) is 0 Å². The molecule has 0 aliphatic carbocycles. The smallest absolute Gasteiger partial charge is 0.305 e. The highest BCUT2D eigenvalue weighted by molar-refractivity contribution is 5.76. The maximum Gasteiger partial charge on any atom is 0.305 e. The van der Waals surface area contributed by atoms with Crippen molar-refractivity contribution < 1.29 is 24.5 Å². The third-order valence-corrected chi connectivity index (χ3v) is 15.7. The van der Waals surface area contributed by atoms with Crippen LogP contribution in [0.4, 0.5) is 0 Å². The summed E-state index contributed by atoms with van der Waals surface area (Å²) >= 11 is 0. The predicted octanol–water partition coefficient (Wildman–Crippen LogP) is 21.4. The number of rotatable bonds is 63. The lowest BCUT2D eigenvalue weighted by Crippen LogP contribution is -2.45. The molecule has 0 saturated carbocycles. The predicted molar refractivity (Wildman–Crippen MR) is 324 cm³/mol. The van der Waals surface area contributed by atoms with Gasteiger partial charge in [-0.25, -0.2) is 0 Å². The van der Waals surface area contributed by atoms with Gasteiger partial charge in [0, 0.05) is 12.8 Å². The fraction of sp³-hybridized carbons (Fsp3) is 0.912. The van der Waals surface area contributed by atoms with Crippen LogP contribution >= 0.6 is 0 Å². The van der Waals surface area contributed by atoms with Gasteiger partial charge in [0.05, 0.1) is 25.4 Å². The minimum absolute atomic E-state index is 0.0141. The molecule has 0 aromatic rings. The molecule has 0 bridgehead atoms. The Morgan fingerprint density at radius 2 is 0.635 bits per heavy atom. The monoisotopic (exact) mass is 1040 g/mol. The van der Waals surface area contributed by atoms with Crippen molar-refractivity contribution in [1.82, 2.24) is 5.32 Å². The van der Waals surface area contributed by atoms with Crippen LogP contribution in [0.15, 0.2) is 24.3 Å². The van der Waals surface area contributed by atoms with Gasteiger partial charge in [-0.05, 0) is 57.8 Å². The number of ether oxygens (including phenoxy) is 1. The molecule has 3 N–H and O–H groups in total. The average molecular weight is 1040 g/mol. The Kier molecular flexibility index (Phi) is 62.4. The van der Waals surface area contributed by atoms with Crippen LogP contribution in [-0.2, 0) is 14.3 Å². The molecule has 0 radical (unpaired) electrons. The van der Waals surface area contributed by atoms with E-state index in [0.29, 0.717) is 19.4 Å². The van der Waals surface area contributed by atoms with Crippen molar-refractivity contribution in [2.75, 3.05) is 13.2 Å². The Bertz CT molecular complexity index is 1150. The van der Waals surface area contributed by atoms with Crippen LogP contribution in [0.2, 0.25) is 0 Å². The van der Waals surface area contributed by atoms with Gasteiger partial charge in [-0.3, -0.25) is 9.59 Å². The first kappa shape index (κ1) is 72.3. The van der Waals surface area contributed by atoms with Crippen molar-refractivity contribution in [1.29, 1.82) is 0 Å². The summed E-state index contributed by atoms with van der Waals surface area (Å²) in [6.45, 7) is 4.93. The van der Waals surface area contributed by atoms with E-state index in [0.717, 1.165) is 44.9 Å². The third kappa shape index (κ3) is 59.6. The molecule has 0 fully saturated rings. The van der Waals surface area contributed by atoms with Crippen molar-refractivity contribution in [2.24, 2.45) is 0 Å². The van der Waals surface area contributed by atoms with Gasteiger partial charge in [0.2, 0.25) is 5.91 Å². The molecule has 0 aliphatic heterocycles. The molecule has 0 aliphatic rings. The Morgan fingerprint density at radius 3 is 0.959 bits per heavy atom. The Morgan fingerprint density at radius 1 is 0.365 bits per heavy atom. The van der Waals surface area contributed by atoms with E-state index in [2.05, 4.69) is 31.3 Å². The fourth-order valence-electron chi connectivity index (χ4n) is 10.6. The van der Waals surface area contributed by atoms with Crippen LogP contribution in [0.3, 0.4) is 0 Å². The molecule has 0 rings (SSSR count). The Hall–Kier alpha value is -1.66. The van der Waals surface area contributed by atoms with Gasteiger partial charge < -0.3 is 20.3 Å². The Labute approximate surface area is 462 Å². The minimum atomic E-state index is -0.844. The van der Waals surface area contributed by atoms with Gasteiger partial charge in [0.15, 0.2) is 0 Å². The number of esters is 1. The summed E-state index contributed by atoms with van der Waals surface area (Å²) in [6, 6.07) is -0.627. The molecule has 74 heavy (non-hydrogen) atoms. The second kappa shape index (κ2) is 63.9. The van der Waals surface area contributed by atoms with E-state index in [9.17, 15) is 19.8 Å². The number of unbranched alkanes of at least 4 members (excludes halogenated alkanes) is 50. The van der Waals surface area contributed by atoms with E-state index in [-0.39, 0.29) is 18.5 Å². The molecule has 0 spiro atoms. The first-order valence-electron chi connectivity index (χ1n) is 33.6. The lowest BCUT2D eigenvalue weighted by Gasteiger charge is -2.20. The summed E-state index contributed by atoms with van der Waals surface area (Å²) in [6.07, 6.45) is 79.5. The van der Waals surface area contributed by atoms with Gasteiger partial charge in [-0.15, -0.1) is 0 Å². The van der Waals surface area contributed by atoms with Gasteiger partial charge in [-0.1, -0.05) is 327 Å². The molecule has 0 heterocycles.